The Labute approximate surface area is 109 Å². The van der Waals surface area contributed by atoms with Crippen molar-refractivity contribution in [2.75, 3.05) is 0 Å². The molecule has 0 bridgehead atoms. The monoisotopic (exact) mass is 302 g/mol. The van der Waals surface area contributed by atoms with E-state index < -0.39 is 5.60 Å². The molecule has 2 nitrogen and oxygen atoms in total. The van der Waals surface area contributed by atoms with Crippen molar-refractivity contribution < 1.29 is 14.2 Å². The Morgan fingerprint density at radius 2 is 1.94 bits per heavy atom. The van der Waals surface area contributed by atoms with Gasteiger partial charge in [-0.15, -0.1) is 0 Å². The van der Waals surface area contributed by atoms with Gasteiger partial charge in [0.2, 0.25) is 0 Å². The van der Waals surface area contributed by atoms with Gasteiger partial charge in [-0.05, 0) is 32.0 Å². The van der Waals surface area contributed by atoms with Crippen LogP contribution in [-0.2, 0) is 10.3 Å². The highest BCUT2D eigenvalue weighted by molar-refractivity contribution is 9.10. The normalized spacial score (nSPS) is 33.7. The SMILES string of the molecule is CC1CC(O)(c2cc(Br)ccc2F)CC(C)O1. The molecular formula is C13H16BrFO2. The summed E-state index contributed by atoms with van der Waals surface area (Å²) in [6, 6.07) is 4.66. The Balaban J connectivity index is 2.39. The Morgan fingerprint density at radius 1 is 1.35 bits per heavy atom. The van der Waals surface area contributed by atoms with Crippen LogP contribution in [0.25, 0.3) is 0 Å². The van der Waals surface area contributed by atoms with Crippen molar-refractivity contribution in [3.05, 3.63) is 34.1 Å². The Morgan fingerprint density at radius 3 is 2.53 bits per heavy atom. The summed E-state index contributed by atoms with van der Waals surface area (Å²) in [6.45, 7) is 3.80. The number of hydrogen-bond donors (Lipinski definition) is 1. The molecule has 0 radical (unpaired) electrons. The Kier molecular flexibility index (Phi) is 3.57. The summed E-state index contributed by atoms with van der Waals surface area (Å²) in [5.74, 6) is -0.364. The van der Waals surface area contributed by atoms with Crippen LogP contribution >= 0.6 is 15.9 Å². The van der Waals surface area contributed by atoms with Gasteiger partial charge in [-0.3, -0.25) is 0 Å². The lowest BCUT2D eigenvalue weighted by Crippen LogP contribution is -2.41. The highest BCUT2D eigenvalue weighted by Gasteiger charge is 2.40. The zero-order valence-corrected chi connectivity index (χ0v) is 11.5. The third kappa shape index (κ3) is 2.69. The zero-order chi connectivity index (χ0) is 12.6. The molecule has 0 amide bonds. The van der Waals surface area contributed by atoms with Crippen molar-refractivity contribution in [3.63, 3.8) is 0 Å². The molecule has 0 aromatic heterocycles. The molecular weight excluding hydrogens is 287 g/mol. The molecule has 94 valence electrons. The van der Waals surface area contributed by atoms with Crippen LogP contribution in [0.5, 0.6) is 0 Å². The van der Waals surface area contributed by atoms with Crippen LogP contribution in [-0.4, -0.2) is 17.3 Å². The summed E-state index contributed by atoms with van der Waals surface area (Å²) in [5, 5.41) is 10.6. The molecule has 2 unspecified atom stereocenters. The molecule has 1 aliphatic heterocycles. The fourth-order valence-electron chi connectivity index (χ4n) is 2.60. The molecule has 1 heterocycles. The molecule has 0 saturated carbocycles. The molecule has 1 aromatic carbocycles. The second kappa shape index (κ2) is 4.67. The molecule has 2 rings (SSSR count). The fraction of sp³-hybridized carbons (Fsp3) is 0.538. The third-order valence-electron chi connectivity index (χ3n) is 3.14. The number of ether oxygens (including phenoxy) is 1. The molecule has 17 heavy (non-hydrogen) atoms. The van der Waals surface area contributed by atoms with Gasteiger partial charge in [-0.1, -0.05) is 15.9 Å². The van der Waals surface area contributed by atoms with Crippen LogP contribution < -0.4 is 0 Å². The van der Waals surface area contributed by atoms with Gasteiger partial charge in [0.25, 0.3) is 0 Å². The summed E-state index contributed by atoms with van der Waals surface area (Å²) in [6.07, 6.45) is 0.708. The van der Waals surface area contributed by atoms with E-state index in [2.05, 4.69) is 15.9 Å². The van der Waals surface area contributed by atoms with Crippen LogP contribution in [0.4, 0.5) is 4.39 Å². The first kappa shape index (κ1) is 13.0. The summed E-state index contributed by atoms with van der Waals surface area (Å²) < 4.78 is 20.2. The Hall–Kier alpha value is -0.450. The van der Waals surface area contributed by atoms with Crippen molar-refractivity contribution in [1.82, 2.24) is 0 Å². The van der Waals surface area contributed by atoms with Crippen LogP contribution in [0.3, 0.4) is 0 Å². The van der Waals surface area contributed by atoms with E-state index in [4.69, 9.17) is 4.74 Å². The average molecular weight is 303 g/mol. The van der Waals surface area contributed by atoms with Crippen molar-refractivity contribution >= 4 is 15.9 Å². The second-order valence-corrected chi connectivity index (χ2v) is 5.74. The summed E-state index contributed by atoms with van der Waals surface area (Å²) in [7, 11) is 0. The Bertz CT molecular complexity index is 412. The molecule has 1 aromatic rings. The van der Waals surface area contributed by atoms with Gasteiger partial charge in [0.15, 0.2) is 0 Å². The quantitative estimate of drug-likeness (QED) is 0.862. The lowest BCUT2D eigenvalue weighted by Gasteiger charge is -2.39. The largest absolute Gasteiger partial charge is 0.385 e. The van der Waals surface area contributed by atoms with Gasteiger partial charge >= 0.3 is 0 Å². The summed E-state index contributed by atoms with van der Waals surface area (Å²) in [4.78, 5) is 0. The topological polar surface area (TPSA) is 29.5 Å². The molecule has 1 fully saturated rings. The lowest BCUT2D eigenvalue weighted by molar-refractivity contribution is -0.137. The van der Waals surface area contributed by atoms with E-state index in [0.717, 1.165) is 4.47 Å². The lowest BCUT2D eigenvalue weighted by atomic mass is 9.81. The van der Waals surface area contributed by atoms with Crippen LogP contribution in [0, 0.1) is 5.82 Å². The van der Waals surface area contributed by atoms with E-state index in [1.807, 2.05) is 13.8 Å². The molecule has 2 atom stereocenters. The first-order valence-corrected chi connectivity index (χ1v) is 6.53. The number of rotatable bonds is 1. The number of halogens is 2. The van der Waals surface area contributed by atoms with Crippen molar-refractivity contribution in [3.8, 4) is 0 Å². The number of hydrogen-bond acceptors (Lipinski definition) is 2. The van der Waals surface area contributed by atoms with E-state index in [0.29, 0.717) is 18.4 Å². The van der Waals surface area contributed by atoms with Gasteiger partial charge in [0.05, 0.1) is 17.8 Å². The molecule has 1 N–H and O–H groups in total. The number of aliphatic hydroxyl groups is 1. The summed E-state index contributed by atoms with van der Waals surface area (Å²) in [5.41, 5.74) is -0.779. The molecule has 0 aliphatic carbocycles. The van der Waals surface area contributed by atoms with Crippen molar-refractivity contribution in [1.29, 1.82) is 0 Å². The molecule has 1 aliphatic rings. The fourth-order valence-corrected chi connectivity index (χ4v) is 2.96. The first-order chi connectivity index (χ1) is 7.90. The minimum absolute atomic E-state index is 0.0675. The van der Waals surface area contributed by atoms with Crippen molar-refractivity contribution in [2.24, 2.45) is 0 Å². The second-order valence-electron chi connectivity index (χ2n) is 4.82. The zero-order valence-electron chi connectivity index (χ0n) is 9.91. The maximum Gasteiger partial charge on any atom is 0.129 e. The standard InChI is InChI=1S/C13H16BrFO2/c1-8-6-13(16,7-9(2)17-8)11-5-10(14)3-4-12(11)15/h3-5,8-9,16H,6-7H2,1-2H3. The smallest absolute Gasteiger partial charge is 0.129 e. The molecule has 0 spiro atoms. The van der Waals surface area contributed by atoms with Crippen LogP contribution in [0.15, 0.2) is 22.7 Å². The highest BCUT2D eigenvalue weighted by atomic mass is 79.9. The predicted molar refractivity (Wildman–Crippen MR) is 67.2 cm³/mol. The van der Waals surface area contributed by atoms with Crippen molar-refractivity contribution in [2.45, 2.75) is 44.5 Å². The predicted octanol–water partition coefficient (Wildman–Crippen LogP) is 3.36. The molecule has 1 saturated heterocycles. The van der Waals surface area contributed by atoms with Gasteiger partial charge in [-0.25, -0.2) is 4.39 Å². The van der Waals surface area contributed by atoms with Gasteiger partial charge in [-0.2, -0.15) is 0 Å². The maximum absolute atomic E-state index is 13.8. The molecule has 4 heteroatoms. The van der Waals surface area contributed by atoms with E-state index in [-0.39, 0.29) is 18.0 Å². The van der Waals surface area contributed by atoms with Gasteiger partial charge in [0, 0.05) is 22.9 Å². The average Bonchev–Trinajstić information content (AvgIpc) is 2.19. The highest BCUT2D eigenvalue weighted by Crippen LogP contribution is 2.39. The minimum Gasteiger partial charge on any atom is -0.385 e. The van der Waals surface area contributed by atoms with Crippen LogP contribution in [0.2, 0.25) is 0 Å². The first-order valence-electron chi connectivity index (χ1n) is 5.74. The number of benzene rings is 1. The maximum atomic E-state index is 13.8. The van der Waals surface area contributed by atoms with E-state index >= 15 is 0 Å². The van der Waals surface area contributed by atoms with Gasteiger partial charge in [0.1, 0.15) is 5.82 Å². The van der Waals surface area contributed by atoms with E-state index in [1.165, 1.54) is 6.07 Å². The van der Waals surface area contributed by atoms with Gasteiger partial charge < -0.3 is 9.84 Å². The minimum atomic E-state index is -1.13. The summed E-state index contributed by atoms with van der Waals surface area (Å²) >= 11 is 3.31. The van der Waals surface area contributed by atoms with Crippen LogP contribution in [0.1, 0.15) is 32.3 Å². The third-order valence-corrected chi connectivity index (χ3v) is 3.64. The van der Waals surface area contributed by atoms with E-state index in [1.54, 1.807) is 12.1 Å². The van der Waals surface area contributed by atoms with E-state index in [9.17, 15) is 9.50 Å².